The fraction of sp³-hybridized carbons (Fsp3) is 0.421. The van der Waals surface area contributed by atoms with Crippen LogP contribution in [-0.2, 0) is 16.1 Å². The van der Waals surface area contributed by atoms with E-state index in [1.165, 1.54) is 39.2 Å². The van der Waals surface area contributed by atoms with Gasteiger partial charge in [0.1, 0.15) is 0 Å². The molecule has 4 heteroatoms. The Morgan fingerprint density at radius 3 is 1.60 bits per heavy atom. The van der Waals surface area contributed by atoms with Crippen molar-refractivity contribution in [3.05, 3.63) is 113 Å². The van der Waals surface area contributed by atoms with Crippen molar-refractivity contribution in [2.24, 2.45) is 0 Å². The molecule has 0 N–H and O–H groups in total. The number of methoxy groups -OCH3 is 1. The Bertz CT molecular complexity index is 1390. The Morgan fingerprint density at radius 2 is 1.17 bits per heavy atom. The number of benzene rings is 3. The zero-order chi connectivity index (χ0) is 30.9. The summed E-state index contributed by atoms with van der Waals surface area (Å²) in [5.74, 6) is 1.04. The number of ether oxygens (including phenoxy) is 1. The van der Waals surface area contributed by atoms with Crippen LogP contribution in [-0.4, -0.2) is 35.3 Å². The van der Waals surface area contributed by atoms with Crippen molar-refractivity contribution in [3.8, 4) is 5.75 Å². The molecule has 0 radical (unpaired) electrons. The number of nitrogens with zero attached hydrogens (tertiary/aromatic N) is 2. The van der Waals surface area contributed by atoms with Crippen molar-refractivity contribution >= 4 is 11.4 Å². The number of hydrogen-bond donors (Lipinski definition) is 0. The predicted molar refractivity (Wildman–Crippen MR) is 179 cm³/mol. The van der Waals surface area contributed by atoms with Crippen molar-refractivity contribution in [1.82, 2.24) is 0 Å². The standard InChI is InChI=1S/C20H27O.2C9H12N.Tm/c1-14-12-16(19(2,3)4)18(21-7)17(13-14)20(5,6)15-10-8-9-11-15;2*1-8-6-4-5-7-9(8)10(2)3;/h8-13H,1-7H3;2*4-7H,1H2,2-3H3;. The van der Waals surface area contributed by atoms with Crippen LogP contribution in [0.1, 0.15) is 62.4 Å². The first-order valence-corrected chi connectivity index (χ1v) is 18.1. The minimum absolute atomic E-state index is 0.0257. The molecule has 0 bridgehead atoms. The van der Waals surface area contributed by atoms with Gasteiger partial charge in [0.2, 0.25) is 0 Å². The molecule has 0 amide bonds. The molecule has 0 atom stereocenters. The Kier molecular flexibility index (Phi) is 9.95. The summed E-state index contributed by atoms with van der Waals surface area (Å²) in [7, 11) is 10.5. The van der Waals surface area contributed by atoms with Crippen molar-refractivity contribution < 1.29 is 35.9 Å². The molecule has 0 fully saturated rings. The number of para-hydroxylation sites is 2. The van der Waals surface area contributed by atoms with E-state index in [0.29, 0.717) is 0 Å². The van der Waals surface area contributed by atoms with Gasteiger partial charge in [0, 0.05) is 0 Å². The van der Waals surface area contributed by atoms with E-state index in [0.717, 1.165) is 11.0 Å². The second-order valence-electron chi connectivity index (χ2n) is 13.2. The summed E-state index contributed by atoms with van der Waals surface area (Å²) in [6, 6.07) is 22.7. The van der Waals surface area contributed by atoms with Crippen LogP contribution in [0, 0.1) is 38.0 Å². The number of aryl methyl sites for hydroxylation is 1. The van der Waals surface area contributed by atoms with Gasteiger partial charge in [0.05, 0.1) is 0 Å². The summed E-state index contributed by atoms with van der Waals surface area (Å²) < 4.78 is 8.37. The van der Waals surface area contributed by atoms with Crippen molar-refractivity contribution in [3.63, 3.8) is 0 Å². The van der Waals surface area contributed by atoms with Crippen LogP contribution in [0.5, 0.6) is 5.75 Å². The Labute approximate surface area is 268 Å². The van der Waals surface area contributed by atoms with Crippen molar-refractivity contribution in [2.75, 3.05) is 45.1 Å². The Hall–Kier alpha value is -2.23. The third-order valence-electron chi connectivity index (χ3n) is 8.29. The van der Waals surface area contributed by atoms with Crippen LogP contribution in [0.25, 0.3) is 0 Å². The normalized spacial score (nSPS) is 14.7. The zero-order valence-corrected chi connectivity index (χ0v) is 29.4. The van der Waals surface area contributed by atoms with Gasteiger partial charge >= 0.3 is 270 Å². The predicted octanol–water partition coefficient (Wildman–Crippen LogP) is 9.02. The molecular weight excluding hydrogens is 669 g/mol. The Morgan fingerprint density at radius 1 is 0.714 bits per heavy atom. The average Bonchev–Trinajstić information content (AvgIpc) is 3.44. The number of hydrogen-bond acceptors (Lipinski definition) is 3. The quantitative estimate of drug-likeness (QED) is 0.208. The molecule has 3 aromatic carbocycles. The van der Waals surface area contributed by atoms with Crippen LogP contribution in [0.15, 0.2) is 85.0 Å². The van der Waals surface area contributed by atoms with Gasteiger partial charge in [-0.05, 0) is 0 Å². The fourth-order valence-corrected chi connectivity index (χ4v) is 12.9. The number of anilines is 2. The summed E-state index contributed by atoms with van der Waals surface area (Å²) in [5, 5.41) is 0. The van der Waals surface area contributed by atoms with Gasteiger partial charge in [0.15, 0.2) is 0 Å². The van der Waals surface area contributed by atoms with Crippen LogP contribution >= 0.6 is 0 Å². The molecule has 0 aromatic heterocycles. The Balaban J connectivity index is 1.97. The molecule has 0 saturated carbocycles. The van der Waals surface area contributed by atoms with Crippen LogP contribution in [0.4, 0.5) is 11.4 Å². The summed E-state index contributed by atoms with van der Waals surface area (Å²) in [6.07, 6.45) is 9.66. The first kappa shape index (κ1) is 32.7. The second kappa shape index (κ2) is 12.8. The molecule has 3 aromatic rings. The molecular formula is C38H51N2OTm. The van der Waals surface area contributed by atoms with Gasteiger partial charge < -0.3 is 0 Å². The molecule has 232 valence electrons. The molecule has 1 aliphatic carbocycles. The first-order chi connectivity index (χ1) is 19.7. The molecule has 0 aliphatic heterocycles. The van der Waals surface area contributed by atoms with Gasteiger partial charge in [-0.2, -0.15) is 0 Å². The number of allylic oxidation sites excluding steroid dienone is 4. The van der Waals surface area contributed by atoms with Crippen LogP contribution < -0.4 is 14.5 Å². The fourth-order valence-electron chi connectivity index (χ4n) is 5.94. The topological polar surface area (TPSA) is 15.7 Å². The monoisotopic (exact) mass is 720 g/mol. The summed E-state index contributed by atoms with van der Waals surface area (Å²) in [5.41, 5.74) is 9.15. The maximum absolute atomic E-state index is 6.32. The van der Waals surface area contributed by atoms with E-state index in [2.05, 4.69) is 165 Å². The van der Waals surface area contributed by atoms with E-state index < -0.39 is 31.1 Å². The van der Waals surface area contributed by atoms with E-state index in [1.807, 2.05) is 7.11 Å². The van der Waals surface area contributed by atoms with E-state index in [1.54, 1.807) is 0 Å². The van der Waals surface area contributed by atoms with E-state index in [9.17, 15) is 0 Å². The van der Waals surface area contributed by atoms with Gasteiger partial charge in [-0.1, -0.05) is 0 Å². The molecule has 0 spiro atoms. The van der Waals surface area contributed by atoms with Gasteiger partial charge in [-0.3, -0.25) is 0 Å². The van der Waals surface area contributed by atoms with E-state index >= 15 is 0 Å². The first-order valence-electron chi connectivity index (χ1n) is 14.7. The SMILES string of the molecule is COc1c(C(C)(C)C)cc(C)cc1C(C)(C)[C]1([Tm]([CH2]c2ccccc2N(C)C)[CH2]c2ccccc2N(C)C)C=CC=C1. The van der Waals surface area contributed by atoms with Gasteiger partial charge in [-0.15, -0.1) is 0 Å². The molecule has 0 heterocycles. The molecule has 42 heavy (non-hydrogen) atoms. The second-order valence-corrected chi connectivity index (χ2v) is 18.1. The third-order valence-corrected chi connectivity index (χ3v) is 15.0. The number of rotatable bonds is 10. The molecule has 0 unspecified atom stereocenters. The summed E-state index contributed by atoms with van der Waals surface area (Å²) >= 11 is -1.56. The summed E-state index contributed by atoms with van der Waals surface area (Å²) in [6.45, 7) is 14.0. The molecule has 1 aliphatic rings. The van der Waals surface area contributed by atoms with Crippen molar-refractivity contribution in [1.29, 1.82) is 0 Å². The van der Waals surface area contributed by atoms with Crippen LogP contribution in [0.2, 0.25) is 1.64 Å². The van der Waals surface area contributed by atoms with Crippen molar-refractivity contribution in [2.45, 2.75) is 59.3 Å². The molecule has 3 nitrogen and oxygen atoms in total. The third kappa shape index (κ3) is 6.34. The molecule has 4 rings (SSSR count). The maximum atomic E-state index is 6.32. The summed E-state index contributed by atoms with van der Waals surface area (Å²) in [4.78, 5) is 4.54. The van der Waals surface area contributed by atoms with Crippen LogP contribution in [0.3, 0.4) is 0 Å². The van der Waals surface area contributed by atoms with E-state index in [4.69, 9.17) is 4.74 Å². The van der Waals surface area contributed by atoms with E-state index in [-0.39, 0.29) is 12.5 Å². The minimum atomic E-state index is -1.56. The molecule has 0 saturated heterocycles. The zero-order valence-electron chi connectivity index (χ0n) is 27.6. The van der Waals surface area contributed by atoms with Gasteiger partial charge in [-0.25, -0.2) is 0 Å². The average molecular weight is 721 g/mol. The van der Waals surface area contributed by atoms with Gasteiger partial charge in [0.25, 0.3) is 0 Å².